The van der Waals surface area contributed by atoms with E-state index in [1.165, 1.54) is 0 Å². The summed E-state index contributed by atoms with van der Waals surface area (Å²) >= 11 is 0. The van der Waals surface area contributed by atoms with Gasteiger partial charge in [-0.25, -0.2) is 0 Å². The SMILES string of the molecule is O=CCCC(C(=O)O)N(CC=O)CC(=O)O. The maximum Gasteiger partial charge on any atom is 0.320 e. The summed E-state index contributed by atoms with van der Waals surface area (Å²) in [5.74, 6) is -2.47. The lowest BCUT2D eigenvalue weighted by molar-refractivity contribution is -0.146. The van der Waals surface area contributed by atoms with Gasteiger partial charge < -0.3 is 19.8 Å². The number of nitrogens with zero attached hydrogens (tertiary/aromatic N) is 1. The Morgan fingerprint density at radius 1 is 1.19 bits per heavy atom. The molecule has 7 heteroatoms. The lowest BCUT2D eigenvalue weighted by atomic mass is 10.1. The summed E-state index contributed by atoms with van der Waals surface area (Å²) in [6, 6.07) is -1.13. The van der Waals surface area contributed by atoms with E-state index in [-0.39, 0.29) is 19.4 Å². The lowest BCUT2D eigenvalue weighted by Gasteiger charge is -2.24. The van der Waals surface area contributed by atoms with Gasteiger partial charge in [0.05, 0.1) is 13.1 Å². The van der Waals surface area contributed by atoms with Gasteiger partial charge >= 0.3 is 11.9 Å². The average molecular weight is 231 g/mol. The maximum absolute atomic E-state index is 10.8. The van der Waals surface area contributed by atoms with Gasteiger partial charge in [-0.2, -0.15) is 0 Å². The molecule has 0 aromatic heterocycles. The van der Waals surface area contributed by atoms with Crippen LogP contribution in [0.5, 0.6) is 0 Å². The van der Waals surface area contributed by atoms with Gasteiger partial charge in [0.2, 0.25) is 0 Å². The van der Waals surface area contributed by atoms with E-state index in [0.717, 1.165) is 4.90 Å². The number of hydrogen-bond acceptors (Lipinski definition) is 5. The Labute approximate surface area is 91.7 Å². The normalized spacial score (nSPS) is 12.1. The third kappa shape index (κ3) is 5.20. The highest BCUT2D eigenvalue weighted by molar-refractivity contribution is 5.76. The number of aldehydes is 2. The van der Waals surface area contributed by atoms with Crippen molar-refractivity contribution >= 4 is 24.5 Å². The Bertz CT molecular complexity index is 277. The van der Waals surface area contributed by atoms with Crippen LogP contribution >= 0.6 is 0 Å². The van der Waals surface area contributed by atoms with Gasteiger partial charge in [-0.3, -0.25) is 14.5 Å². The summed E-state index contributed by atoms with van der Waals surface area (Å²) in [6.07, 6.45) is 0.974. The predicted molar refractivity (Wildman–Crippen MR) is 52.0 cm³/mol. The van der Waals surface area contributed by atoms with Crippen molar-refractivity contribution in [1.82, 2.24) is 4.90 Å². The van der Waals surface area contributed by atoms with E-state index in [9.17, 15) is 19.2 Å². The van der Waals surface area contributed by atoms with Crippen LogP contribution in [0.15, 0.2) is 0 Å². The first-order valence-corrected chi connectivity index (χ1v) is 4.58. The molecule has 0 aromatic carbocycles. The van der Waals surface area contributed by atoms with E-state index >= 15 is 0 Å². The molecule has 0 amide bonds. The minimum Gasteiger partial charge on any atom is -0.480 e. The molecule has 0 heterocycles. The summed E-state index contributed by atoms with van der Waals surface area (Å²) < 4.78 is 0. The molecular weight excluding hydrogens is 218 g/mol. The summed E-state index contributed by atoms with van der Waals surface area (Å²) in [7, 11) is 0. The van der Waals surface area contributed by atoms with Crippen molar-refractivity contribution in [2.45, 2.75) is 18.9 Å². The smallest absolute Gasteiger partial charge is 0.320 e. The van der Waals surface area contributed by atoms with Gasteiger partial charge in [-0.15, -0.1) is 0 Å². The second-order valence-corrected chi connectivity index (χ2v) is 3.09. The van der Waals surface area contributed by atoms with E-state index in [0.29, 0.717) is 12.6 Å². The minimum absolute atomic E-state index is 0.00590. The highest BCUT2D eigenvalue weighted by Gasteiger charge is 2.26. The Morgan fingerprint density at radius 3 is 2.19 bits per heavy atom. The summed E-state index contributed by atoms with van der Waals surface area (Å²) in [4.78, 5) is 42.7. The minimum atomic E-state index is -1.25. The fourth-order valence-corrected chi connectivity index (χ4v) is 1.26. The van der Waals surface area contributed by atoms with Crippen molar-refractivity contribution in [1.29, 1.82) is 0 Å². The van der Waals surface area contributed by atoms with Crippen molar-refractivity contribution < 1.29 is 29.4 Å². The molecule has 2 N–H and O–H groups in total. The molecule has 0 saturated carbocycles. The molecule has 0 aromatic rings. The number of carboxylic acids is 2. The fraction of sp³-hybridized carbons (Fsp3) is 0.556. The fourth-order valence-electron chi connectivity index (χ4n) is 1.26. The van der Waals surface area contributed by atoms with Crippen molar-refractivity contribution in [3.8, 4) is 0 Å². The summed E-state index contributed by atoms with van der Waals surface area (Å²) in [6.45, 7) is -0.837. The first kappa shape index (κ1) is 14.2. The summed E-state index contributed by atoms with van der Waals surface area (Å²) in [5.41, 5.74) is 0. The van der Waals surface area contributed by atoms with E-state index in [4.69, 9.17) is 10.2 Å². The van der Waals surface area contributed by atoms with Crippen LogP contribution in [0.25, 0.3) is 0 Å². The molecular formula is C9H13NO6. The van der Waals surface area contributed by atoms with E-state index in [1.807, 2.05) is 0 Å². The lowest BCUT2D eigenvalue weighted by Crippen LogP contribution is -2.45. The molecule has 0 radical (unpaired) electrons. The largest absolute Gasteiger partial charge is 0.480 e. The van der Waals surface area contributed by atoms with E-state index in [2.05, 4.69) is 0 Å². The van der Waals surface area contributed by atoms with Crippen LogP contribution in [0, 0.1) is 0 Å². The van der Waals surface area contributed by atoms with Gasteiger partial charge in [0, 0.05) is 6.42 Å². The highest BCUT2D eigenvalue weighted by Crippen LogP contribution is 2.06. The molecule has 1 unspecified atom stereocenters. The monoisotopic (exact) mass is 231 g/mol. The summed E-state index contributed by atoms with van der Waals surface area (Å²) in [5, 5.41) is 17.4. The van der Waals surface area contributed by atoms with Crippen LogP contribution in [0.1, 0.15) is 12.8 Å². The van der Waals surface area contributed by atoms with E-state index in [1.54, 1.807) is 0 Å². The van der Waals surface area contributed by atoms with Crippen LogP contribution in [-0.4, -0.2) is 58.8 Å². The zero-order chi connectivity index (χ0) is 12.6. The van der Waals surface area contributed by atoms with Gasteiger partial charge in [0.25, 0.3) is 0 Å². The molecule has 0 spiro atoms. The van der Waals surface area contributed by atoms with Crippen molar-refractivity contribution in [3.05, 3.63) is 0 Å². The molecule has 0 aliphatic carbocycles. The predicted octanol–water partition coefficient (Wildman–Crippen LogP) is -0.996. The first-order valence-electron chi connectivity index (χ1n) is 4.58. The quantitative estimate of drug-likeness (QED) is 0.489. The van der Waals surface area contributed by atoms with Crippen molar-refractivity contribution in [2.75, 3.05) is 13.1 Å². The van der Waals surface area contributed by atoms with Gasteiger partial charge in [-0.05, 0) is 6.42 Å². The number of carboxylic acid groups (broad SMARTS) is 2. The number of aliphatic carboxylic acids is 2. The van der Waals surface area contributed by atoms with Crippen molar-refractivity contribution in [3.63, 3.8) is 0 Å². The maximum atomic E-state index is 10.8. The Kier molecular flexibility index (Phi) is 6.69. The molecule has 7 nitrogen and oxygen atoms in total. The molecule has 0 bridgehead atoms. The molecule has 1 atom stereocenters. The average Bonchev–Trinajstić information content (AvgIpc) is 2.17. The number of carbonyl (C=O) groups excluding carboxylic acids is 2. The van der Waals surface area contributed by atoms with Gasteiger partial charge in [-0.1, -0.05) is 0 Å². The molecule has 0 rings (SSSR count). The highest BCUT2D eigenvalue weighted by atomic mass is 16.4. The van der Waals surface area contributed by atoms with Crippen LogP contribution in [0.3, 0.4) is 0 Å². The number of carbonyl (C=O) groups is 4. The molecule has 0 aliphatic rings. The second-order valence-electron chi connectivity index (χ2n) is 3.09. The standard InChI is InChI=1S/C9H13NO6/c11-4-1-2-7(9(15)16)10(3-5-12)6-8(13)14/h4-5,7H,1-3,6H2,(H,13,14)(H,15,16). The third-order valence-corrected chi connectivity index (χ3v) is 1.93. The van der Waals surface area contributed by atoms with E-state index < -0.39 is 24.5 Å². The number of rotatable bonds is 9. The van der Waals surface area contributed by atoms with Crippen LogP contribution in [0.2, 0.25) is 0 Å². The van der Waals surface area contributed by atoms with Crippen molar-refractivity contribution in [2.24, 2.45) is 0 Å². The molecule has 0 aliphatic heterocycles. The Morgan fingerprint density at radius 2 is 1.81 bits per heavy atom. The third-order valence-electron chi connectivity index (χ3n) is 1.93. The van der Waals surface area contributed by atoms with Gasteiger partial charge in [0.15, 0.2) is 0 Å². The number of hydrogen-bond donors (Lipinski definition) is 2. The van der Waals surface area contributed by atoms with Gasteiger partial charge in [0.1, 0.15) is 18.6 Å². The zero-order valence-electron chi connectivity index (χ0n) is 8.54. The first-order chi connectivity index (χ1) is 7.52. The topological polar surface area (TPSA) is 112 Å². The van der Waals surface area contributed by atoms with Crippen LogP contribution < -0.4 is 0 Å². The molecule has 90 valence electrons. The Hall–Kier alpha value is -1.76. The van der Waals surface area contributed by atoms with Crippen LogP contribution in [0.4, 0.5) is 0 Å². The molecule has 0 fully saturated rings. The van der Waals surface area contributed by atoms with Crippen LogP contribution in [-0.2, 0) is 19.2 Å². The second kappa shape index (κ2) is 7.52. The molecule has 16 heavy (non-hydrogen) atoms. The Balaban J connectivity index is 4.62. The zero-order valence-corrected chi connectivity index (χ0v) is 8.54. The molecule has 0 saturated heterocycles.